The summed E-state index contributed by atoms with van der Waals surface area (Å²) in [5.41, 5.74) is 15.8. The number of benzene rings is 7. The number of carboxylic acids is 1. The molecule has 2 aromatic heterocycles. The lowest BCUT2D eigenvalue weighted by molar-refractivity contribution is 0.0697. The zero-order valence-electron chi connectivity index (χ0n) is 37.0. The molecule has 3 aliphatic heterocycles. The minimum absolute atomic E-state index is 0.216. The molecule has 4 bridgehead atoms. The molecule has 5 heterocycles. The van der Waals surface area contributed by atoms with Gasteiger partial charge in [0, 0.05) is 80.0 Å². The predicted molar refractivity (Wildman–Crippen MR) is 274 cm³/mol. The van der Waals surface area contributed by atoms with E-state index < -0.39 is 13.2 Å². The molecule has 0 amide bonds. The number of hydrogen-bond acceptors (Lipinski definition) is 5. The van der Waals surface area contributed by atoms with Crippen molar-refractivity contribution in [2.75, 3.05) is 16.9 Å². The summed E-state index contributed by atoms with van der Waals surface area (Å²) >= 11 is 0. The summed E-state index contributed by atoms with van der Waals surface area (Å²) in [5.74, 6) is -0.977. The van der Waals surface area contributed by atoms with Gasteiger partial charge in [0.2, 0.25) is 0 Å². The SMILES string of the molecule is COB1n2c3ccc2C(c2ccc(N(c4ccccc4)c4ccccc4)cc2)=c2ccc(n21)=C(c1ccc(C(=O)O)cc1)C1=NC(=C3c2ccc(N(c3ccccc3)c3ccccc3)cc2)C=C1. The van der Waals surface area contributed by atoms with E-state index >= 15 is 0 Å². The molecule has 9 heteroatoms. The Morgan fingerprint density at radius 1 is 0.456 bits per heavy atom. The zero-order chi connectivity index (χ0) is 45.7. The number of aromatic nitrogens is 2. The quantitative estimate of drug-likeness (QED) is 0.131. The molecule has 12 rings (SSSR count). The van der Waals surface area contributed by atoms with Gasteiger partial charge < -0.3 is 28.5 Å². The van der Waals surface area contributed by atoms with Gasteiger partial charge in [-0.15, -0.1) is 0 Å². The van der Waals surface area contributed by atoms with Crippen LogP contribution < -0.4 is 20.5 Å². The van der Waals surface area contributed by atoms with Crippen LogP contribution in [-0.4, -0.2) is 40.0 Å². The van der Waals surface area contributed by atoms with Gasteiger partial charge in [-0.3, -0.25) is 0 Å². The summed E-state index contributed by atoms with van der Waals surface area (Å²) in [6.45, 7) is 0. The van der Waals surface area contributed by atoms with Crippen molar-refractivity contribution in [3.8, 4) is 0 Å². The Bertz CT molecular complexity index is 3520. The number of anilines is 6. The lowest BCUT2D eigenvalue weighted by atomic mass is 9.88. The minimum atomic E-state index is -0.977. The molecule has 8 nitrogen and oxygen atoms in total. The first-order chi connectivity index (χ1) is 33.5. The third-order valence-corrected chi connectivity index (χ3v) is 13.0. The lowest BCUT2D eigenvalue weighted by Gasteiger charge is -2.29. The number of hydrogen-bond donors (Lipinski definition) is 1. The Morgan fingerprint density at radius 3 is 1.31 bits per heavy atom. The highest BCUT2D eigenvalue weighted by Gasteiger charge is 2.37. The molecular formula is C59H42BN5O3. The molecule has 324 valence electrons. The largest absolute Gasteiger partial charge is 0.557 e. The third kappa shape index (κ3) is 6.83. The molecular weight excluding hydrogens is 837 g/mol. The highest BCUT2D eigenvalue weighted by Crippen LogP contribution is 2.41. The van der Waals surface area contributed by atoms with Crippen LogP contribution in [-0.2, 0) is 4.65 Å². The molecule has 0 aliphatic carbocycles. The molecule has 9 aromatic rings. The Labute approximate surface area is 394 Å². The van der Waals surface area contributed by atoms with E-state index in [2.05, 4.69) is 201 Å². The maximum atomic E-state index is 12.0. The van der Waals surface area contributed by atoms with E-state index in [1.807, 2.05) is 36.4 Å². The third-order valence-electron chi connectivity index (χ3n) is 13.0. The first kappa shape index (κ1) is 40.6. The number of aromatic carboxylic acids is 1. The summed E-state index contributed by atoms with van der Waals surface area (Å²) in [6, 6.07) is 75.0. The fourth-order valence-electron chi connectivity index (χ4n) is 9.97. The van der Waals surface area contributed by atoms with Crippen molar-refractivity contribution in [2.24, 2.45) is 4.99 Å². The first-order valence-corrected chi connectivity index (χ1v) is 22.6. The average Bonchev–Trinajstić information content (AvgIpc) is 4.16. The second kappa shape index (κ2) is 16.8. The molecule has 1 N–H and O–H groups in total. The second-order valence-electron chi connectivity index (χ2n) is 16.8. The summed E-state index contributed by atoms with van der Waals surface area (Å²) in [7, 11) is 1.17. The van der Waals surface area contributed by atoms with Gasteiger partial charge in [-0.05, 0) is 138 Å². The van der Waals surface area contributed by atoms with Crippen LogP contribution in [0, 0.1) is 0 Å². The Balaban J connectivity index is 1.08. The number of carbonyl (C=O) groups is 1. The van der Waals surface area contributed by atoms with E-state index in [4.69, 9.17) is 9.65 Å². The predicted octanol–water partition coefficient (Wildman–Crippen LogP) is 11.5. The second-order valence-corrected chi connectivity index (χ2v) is 16.8. The van der Waals surface area contributed by atoms with Gasteiger partial charge >= 0.3 is 13.2 Å². The van der Waals surface area contributed by atoms with E-state index in [0.29, 0.717) is 0 Å². The highest BCUT2D eigenvalue weighted by atomic mass is 16.4. The van der Waals surface area contributed by atoms with Gasteiger partial charge in [-0.25, -0.2) is 9.79 Å². The molecule has 0 unspecified atom stereocenters. The zero-order valence-corrected chi connectivity index (χ0v) is 37.0. The lowest BCUT2D eigenvalue weighted by Crippen LogP contribution is -2.52. The minimum Gasteiger partial charge on any atom is -0.478 e. The Kier molecular flexibility index (Phi) is 10.0. The van der Waals surface area contributed by atoms with E-state index in [1.165, 1.54) is 0 Å². The number of para-hydroxylation sites is 4. The molecule has 0 atom stereocenters. The van der Waals surface area contributed by atoms with Crippen molar-refractivity contribution in [1.29, 1.82) is 0 Å². The van der Waals surface area contributed by atoms with Gasteiger partial charge in [0.05, 0.1) is 17.0 Å². The van der Waals surface area contributed by atoms with Gasteiger partial charge in [0.15, 0.2) is 0 Å². The van der Waals surface area contributed by atoms with Crippen LogP contribution in [0.1, 0.15) is 38.4 Å². The van der Waals surface area contributed by atoms with Crippen molar-refractivity contribution in [2.45, 2.75) is 0 Å². The summed E-state index contributed by atoms with van der Waals surface area (Å²) in [4.78, 5) is 22.0. The summed E-state index contributed by atoms with van der Waals surface area (Å²) in [6.07, 6.45) is 4.16. The van der Waals surface area contributed by atoms with Crippen LogP contribution >= 0.6 is 0 Å². The molecule has 0 saturated heterocycles. The first-order valence-electron chi connectivity index (χ1n) is 22.6. The van der Waals surface area contributed by atoms with E-state index in [-0.39, 0.29) is 5.56 Å². The maximum Gasteiger partial charge on any atom is 0.557 e. The molecule has 0 fully saturated rings. The average molecular weight is 880 g/mol. The number of nitrogens with zero attached hydrogens (tertiary/aromatic N) is 5. The topological polar surface area (TPSA) is 75.2 Å². The maximum absolute atomic E-state index is 12.0. The monoisotopic (exact) mass is 879 g/mol. The van der Waals surface area contributed by atoms with Gasteiger partial charge in [-0.2, -0.15) is 0 Å². The molecule has 0 spiro atoms. The van der Waals surface area contributed by atoms with Crippen LogP contribution in [0.15, 0.2) is 241 Å². The van der Waals surface area contributed by atoms with Crippen LogP contribution in [0.25, 0.3) is 16.7 Å². The molecule has 0 saturated carbocycles. The van der Waals surface area contributed by atoms with Gasteiger partial charge in [0.1, 0.15) is 0 Å². The van der Waals surface area contributed by atoms with Gasteiger partial charge in [-0.1, -0.05) is 109 Å². The van der Waals surface area contributed by atoms with E-state index in [0.717, 1.165) is 101 Å². The van der Waals surface area contributed by atoms with E-state index in [9.17, 15) is 9.90 Å². The van der Waals surface area contributed by atoms with Crippen molar-refractivity contribution >= 4 is 69.7 Å². The van der Waals surface area contributed by atoms with Crippen LogP contribution in [0.2, 0.25) is 0 Å². The fraction of sp³-hybridized carbons (Fsp3) is 0.0169. The van der Waals surface area contributed by atoms with Crippen molar-refractivity contribution in [3.05, 3.63) is 281 Å². The van der Waals surface area contributed by atoms with Crippen LogP contribution in [0.4, 0.5) is 34.1 Å². The fourth-order valence-corrected chi connectivity index (χ4v) is 9.97. The summed E-state index contributed by atoms with van der Waals surface area (Å²) < 4.78 is 11.2. The van der Waals surface area contributed by atoms with Crippen LogP contribution in [0.5, 0.6) is 0 Å². The summed E-state index contributed by atoms with van der Waals surface area (Å²) in [5, 5.41) is 11.8. The molecule has 7 aromatic carbocycles. The normalized spacial score (nSPS) is 13.4. The number of aliphatic imine (C=N–C) groups is 1. The molecule has 68 heavy (non-hydrogen) atoms. The van der Waals surface area contributed by atoms with Crippen LogP contribution in [0.3, 0.4) is 0 Å². The molecule has 3 aliphatic rings. The highest BCUT2D eigenvalue weighted by molar-refractivity contribution is 6.50. The van der Waals surface area contributed by atoms with Crippen molar-refractivity contribution < 1.29 is 14.6 Å². The van der Waals surface area contributed by atoms with Crippen molar-refractivity contribution in [1.82, 2.24) is 8.96 Å². The Morgan fingerprint density at radius 2 is 0.853 bits per heavy atom. The van der Waals surface area contributed by atoms with Crippen molar-refractivity contribution in [3.63, 3.8) is 0 Å². The smallest absolute Gasteiger partial charge is 0.478 e. The van der Waals surface area contributed by atoms with E-state index in [1.54, 1.807) is 19.2 Å². The number of rotatable bonds is 11. The standard InChI is InChI=1S/C59H42BN5O3/c1-68-60-64-52-36-38-54(64)58(42-28-32-49(33-29-42)63(46-18-10-4-11-19-46)47-20-12-5-13-21-47)55-39-37-53(65(55)60)57(51-35-34-50(61-51)56(52)40-22-24-43(25-23-40)59(66)67)41-26-30-48(31-27-41)62(44-14-6-2-7-15-44)45-16-8-3-9-17-45/h2-39H,1H3,(H,66,67). The molecule has 0 radical (unpaired) electrons. The number of carboxylic acid groups (broad SMARTS) is 1. The Hall–Kier alpha value is -8.92. The number of fused-ring (bicyclic) bond motifs is 1. The van der Waals surface area contributed by atoms with Gasteiger partial charge in [0.25, 0.3) is 0 Å². The number of allylic oxidation sites excluding steroid dienone is 2.